The number of aromatic nitrogens is 4. The molecular formula is C24H23N5O2S. The third-order valence-corrected chi connectivity index (χ3v) is 5.87. The van der Waals surface area contributed by atoms with Crippen LogP contribution in [0.15, 0.2) is 73.1 Å². The molecular weight excluding hydrogens is 422 g/mol. The number of hydrogen-bond acceptors (Lipinski definition) is 6. The Labute approximate surface area is 191 Å². The van der Waals surface area contributed by atoms with Gasteiger partial charge in [-0.15, -0.1) is 5.10 Å². The topological polar surface area (TPSA) is 57.3 Å². The summed E-state index contributed by atoms with van der Waals surface area (Å²) in [5, 5.41) is 4.91. The van der Waals surface area contributed by atoms with Crippen LogP contribution in [0.5, 0.6) is 11.5 Å². The van der Waals surface area contributed by atoms with E-state index in [4.69, 9.17) is 26.8 Å². The Balaban J connectivity index is 1.53. The number of ether oxygens (including phenoxy) is 2. The van der Waals surface area contributed by atoms with E-state index in [1.165, 1.54) is 5.56 Å². The Morgan fingerprint density at radius 2 is 1.81 bits per heavy atom. The molecule has 0 N–H and O–H groups in total. The molecule has 8 heteroatoms. The van der Waals surface area contributed by atoms with Gasteiger partial charge in [0.2, 0.25) is 4.77 Å². The Hall–Kier alpha value is -3.49. The van der Waals surface area contributed by atoms with Crippen LogP contribution in [0, 0.1) is 4.77 Å². The molecule has 3 heterocycles. The highest BCUT2D eigenvalue weighted by Gasteiger charge is 2.19. The van der Waals surface area contributed by atoms with E-state index in [9.17, 15) is 0 Å². The normalized spacial score (nSPS) is 13.8. The van der Waals surface area contributed by atoms with Gasteiger partial charge in [-0.2, -0.15) is 0 Å². The van der Waals surface area contributed by atoms with E-state index in [1.54, 1.807) is 19.5 Å². The van der Waals surface area contributed by atoms with Gasteiger partial charge in [-0.05, 0) is 54.7 Å². The molecule has 0 saturated carbocycles. The van der Waals surface area contributed by atoms with Gasteiger partial charge in [0.25, 0.3) is 0 Å². The molecule has 0 spiro atoms. The van der Waals surface area contributed by atoms with Crippen molar-refractivity contribution >= 4 is 12.2 Å². The van der Waals surface area contributed by atoms with Crippen molar-refractivity contribution in [1.82, 2.24) is 24.2 Å². The van der Waals surface area contributed by atoms with Crippen LogP contribution >= 0.6 is 12.2 Å². The van der Waals surface area contributed by atoms with Crippen molar-refractivity contribution in [2.24, 2.45) is 0 Å². The fourth-order valence-corrected chi connectivity index (χ4v) is 4.13. The summed E-state index contributed by atoms with van der Waals surface area (Å²) in [6.07, 6.45) is 3.53. The van der Waals surface area contributed by atoms with Crippen LogP contribution < -0.4 is 9.47 Å². The second kappa shape index (κ2) is 8.94. The number of pyridine rings is 1. The highest BCUT2D eigenvalue weighted by molar-refractivity contribution is 7.71. The highest BCUT2D eigenvalue weighted by atomic mass is 32.1. The van der Waals surface area contributed by atoms with Gasteiger partial charge < -0.3 is 9.47 Å². The van der Waals surface area contributed by atoms with E-state index in [2.05, 4.69) is 16.0 Å². The lowest BCUT2D eigenvalue weighted by atomic mass is 10.2. The van der Waals surface area contributed by atoms with Crippen molar-refractivity contribution in [2.45, 2.75) is 13.2 Å². The second-order valence-electron chi connectivity index (χ2n) is 7.53. The summed E-state index contributed by atoms with van der Waals surface area (Å²) in [6, 6.07) is 19.9. The molecule has 4 aromatic rings. The molecule has 32 heavy (non-hydrogen) atoms. The molecule has 0 radical (unpaired) electrons. The average molecular weight is 446 g/mol. The maximum absolute atomic E-state index is 5.91. The summed E-state index contributed by atoms with van der Waals surface area (Å²) in [5.74, 6) is 2.51. The molecule has 5 rings (SSSR count). The lowest BCUT2D eigenvalue weighted by Gasteiger charge is -2.18. The van der Waals surface area contributed by atoms with Crippen LogP contribution in [0.1, 0.15) is 5.56 Å². The number of hydrogen-bond donors (Lipinski definition) is 0. The van der Waals surface area contributed by atoms with E-state index in [0.29, 0.717) is 18.0 Å². The molecule has 0 bridgehead atoms. The molecule has 0 amide bonds. The monoisotopic (exact) mass is 445 g/mol. The lowest BCUT2D eigenvalue weighted by Crippen LogP contribution is -2.29. The second-order valence-corrected chi connectivity index (χ2v) is 7.89. The molecule has 2 aromatic carbocycles. The van der Waals surface area contributed by atoms with Crippen LogP contribution in [0.3, 0.4) is 0 Å². The van der Waals surface area contributed by atoms with Gasteiger partial charge in [-0.25, -0.2) is 4.68 Å². The van der Waals surface area contributed by atoms with E-state index < -0.39 is 0 Å². The van der Waals surface area contributed by atoms with Gasteiger partial charge in [0.05, 0.1) is 19.5 Å². The maximum atomic E-state index is 5.91. The van der Waals surface area contributed by atoms with Crippen molar-refractivity contribution in [1.29, 1.82) is 0 Å². The third kappa shape index (κ3) is 4.02. The first-order chi connectivity index (χ1) is 15.7. The number of benzene rings is 2. The van der Waals surface area contributed by atoms with Gasteiger partial charge in [-0.3, -0.25) is 14.5 Å². The molecule has 0 aliphatic carbocycles. The van der Waals surface area contributed by atoms with Crippen LogP contribution in [0.4, 0.5) is 0 Å². The summed E-state index contributed by atoms with van der Waals surface area (Å²) in [7, 11) is 1.66. The largest absolute Gasteiger partial charge is 0.497 e. The first-order valence-electron chi connectivity index (χ1n) is 10.4. The van der Waals surface area contributed by atoms with Crippen molar-refractivity contribution in [3.63, 3.8) is 0 Å². The van der Waals surface area contributed by atoms with E-state index >= 15 is 0 Å². The average Bonchev–Trinajstić information content (AvgIpc) is 3.02. The van der Waals surface area contributed by atoms with E-state index in [0.717, 1.165) is 41.7 Å². The Morgan fingerprint density at radius 3 is 2.59 bits per heavy atom. The molecule has 2 aromatic heterocycles. The Bertz CT molecular complexity index is 1270. The fourth-order valence-electron chi connectivity index (χ4n) is 3.84. The lowest BCUT2D eigenvalue weighted by molar-refractivity contribution is 0.177. The SMILES string of the molecule is COc1ccc(-n2c(-c3ccncc3)nn(CN3CCOc4ccccc4C3)c2=S)cc1. The van der Waals surface area contributed by atoms with Crippen LogP contribution in [0.2, 0.25) is 0 Å². The number of rotatable bonds is 5. The molecule has 0 fully saturated rings. The van der Waals surface area contributed by atoms with Gasteiger partial charge >= 0.3 is 0 Å². The molecule has 0 saturated heterocycles. The molecule has 7 nitrogen and oxygen atoms in total. The first kappa shape index (κ1) is 20.4. The van der Waals surface area contributed by atoms with Gasteiger partial charge in [0.15, 0.2) is 5.82 Å². The molecule has 1 aliphatic rings. The quantitative estimate of drug-likeness (QED) is 0.426. The van der Waals surface area contributed by atoms with Crippen molar-refractivity contribution in [2.75, 3.05) is 20.3 Å². The Morgan fingerprint density at radius 1 is 1.03 bits per heavy atom. The van der Waals surface area contributed by atoms with E-state index in [-0.39, 0.29) is 0 Å². The summed E-state index contributed by atoms with van der Waals surface area (Å²) < 4.78 is 15.7. The summed E-state index contributed by atoms with van der Waals surface area (Å²) in [4.78, 5) is 6.44. The highest BCUT2D eigenvalue weighted by Crippen LogP contribution is 2.26. The van der Waals surface area contributed by atoms with Crippen LogP contribution in [0.25, 0.3) is 17.1 Å². The van der Waals surface area contributed by atoms with Gasteiger partial charge in [0.1, 0.15) is 18.1 Å². The Kier molecular flexibility index (Phi) is 5.70. The first-order valence-corrected chi connectivity index (χ1v) is 10.8. The minimum atomic E-state index is 0.567. The van der Waals surface area contributed by atoms with Gasteiger partial charge in [-0.1, -0.05) is 18.2 Å². The summed E-state index contributed by atoms with van der Waals surface area (Å²) in [5.41, 5.74) is 3.05. The zero-order valence-corrected chi connectivity index (χ0v) is 18.5. The fraction of sp³-hybridized carbons (Fsp3) is 0.208. The number of fused-ring (bicyclic) bond motifs is 1. The standard InChI is InChI=1S/C24H23N5O2S/c1-30-21-8-6-20(7-9-21)29-23(18-10-12-25-13-11-18)26-28(24(29)32)17-27-14-15-31-22-5-3-2-4-19(22)16-27/h2-13H,14-17H2,1H3. The number of methoxy groups -OCH3 is 1. The van der Waals surface area contributed by atoms with Crippen LogP contribution in [-0.4, -0.2) is 44.5 Å². The number of nitrogens with zero attached hydrogens (tertiary/aromatic N) is 5. The predicted molar refractivity (Wildman–Crippen MR) is 125 cm³/mol. The smallest absolute Gasteiger partial charge is 0.204 e. The predicted octanol–water partition coefficient (Wildman–Crippen LogP) is 4.33. The zero-order chi connectivity index (χ0) is 21.9. The minimum absolute atomic E-state index is 0.567. The molecule has 0 atom stereocenters. The van der Waals surface area contributed by atoms with Crippen molar-refractivity contribution in [3.8, 4) is 28.6 Å². The zero-order valence-electron chi connectivity index (χ0n) is 17.7. The molecule has 1 aliphatic heterocycles. The number of para-hydroxylation sites is 1. The minimum Gasteiger partial charge on any atom is -0.497 e. The molecule has 0 unspecified atom stereocenters. The summed E-state index contributed by atoms with van der Waals surface area (Å²) >= 11 is 5.89. The van der Waals surface area contributed by atoms with Crippen molar-refractivity contribution < 1.29 is 9.47 Å². The molecule has 162 valence electrons. The van der Waals surface area contributed by atoms with Crippen molar-refractivity contribution in [3.05, 3.63) is 83.4 Å². The summed E-state index contributed by atoms with van der Waals surface area (Å²) in [6.45, 7) is 2.76. The van der Waals surface area contributed by atoms with E-state index in [1.807, 2.05) is 63.8 Å². The van der Waals surface area contributed by atoms with Gasteiger partial charge in [0, 0.05) is 36.6 Å². The third-order valence-electron chi connectivity index (χ3n) is 5.47. The van der Waals surface area contributed by atoms with Crippen LogP contribution in [-0.2, 0) is 13.2 Å². The maximum Gasteiger partial charge on any atom is 0.204 e.